The number of likely N-dealkylation sites (N-methyl/N-ethyl adjacent to an activating group) is 1. The third-order valence-electron chi connectivity index (χ3n) is 1.76. The highest BCUT2D eigenvalue weighted by Gasteiger charge is 1.98. The van der Waals surface area contributed by atoms with Gasteiger partial charge in [0.2, 0.25) is 0 Å². The maximum atomic E-state index is 4.39. The number of hydrogen-bond acceptors (Lipinski definition) is 4. The fraction of sp³-hybridized carbons (Fsp3) is 0.667. The van der Waals surface area contributed by atoms with Crippen LogP contribution in [0.25, 0.3) is 0 Å². The first kappa shape index (κ1) is 10.1. The molecular weight excluding hydrogens is 164 g/mol. The first-order valence-electron chi connectivity index (χ1n) is 4.69. The Balaban J connectivity index is 2.56. The molecule has 0 saturated carbocycles. The fourth-order valence-corrected chi connectivity index (χ4v) is 1.10. The van der Waals surface area contributed by atoms with Gasteiger partial charge in [0.1, 0.15) is 0 Å². The smallest absolute Gasteiger partial charge is 0.152 e. The van der Waals surface area contributed by atoms with E-state index >= 15 is 0 Å². The van der Waals surface area contributed by atoms with Crippen LogP contribution >= 0.6 is 0 Å². The minimum absolute atomic E-state index is 0.834. The van der Waals surface area contributed by atoms with E-state index in [1.807, 2.05) is 7.05 Å². The Morgan fingerprint density at radius 2 is 2.23 bits per heavy atom. The monoisotopic (exact) mass is 180 g/mol. The number of nitrogens with one attached hydrogen (secondary N) is 1. The van der Waals surface area contributed by atoms with Gasteiger partial charge in [0, 0.05) is 13.0 Å². The Morgan fingerprint density at radius 1 is 1.38 bits per heavy atom. The lowest BCUT2D eigenvalue weighted by molar-refractivity contribution is 0.715. The van der Waals surface area contributed by atoms with Crippen molar-refractivity contribution in [3.63, 3.8) is 0 Å². The fourth-order valence-electron chi connectivity index (χ4n) is 1.10. The highest BCUT2D eigenvalue weighted by molar-refractivity contribution is 4.96. The molecule has 0 aliphatic carbocycles. The van der Waals surface area contributed by atoms with Gasteiger partial charge in [0.05, 0.1) is 11.9 Å². The lowest BCUT2D eigenvalue weighted by Crippen LogP contribution is -2.13. The first-order chi connectivity index (χ1) is 6.36. The van der Waals surface area contributed by atoms with Crippen molar-refractivity contribution in [2.45, 2.75) is 26.2 Å². The number of rotatable bonds is 5. The number of nitrogens with zero attached hydrogens (tertiary/aromatic N) is 3. The second-order valence-electron chi connectivity index (χ2n) is 2.97. The van der Waals surface area contributed by atoms with Gasteiger partial charge in [-0.25, -0.2) is 4.98 Å². The van der Waals surface area contributed by atoms with Gasteiger partial charge in [-0.15, -0.1) is 5.10 Å². The van der Waals surface area contributed by atoms with E-state index in [4.69, 9.17) is 0 Å². The molecule has 1 heterocycles. The highest BCUT2D eigenvalue weighted by atomic mass is 15.1. The molecule has 1 rings (SSSR count). The van der Waals surface area contributed by atoms with E-state index in [1.165, 1.54) is 0 Å². The normalized spacial score (nSPS) is 10.3. The average molecular weight is 180 g/mol. The third kappa shape index (κ3) is 3.46. The Hall–Kier alpha value is -1.03. The lowest BCUT2D eigenvalue weighted by Gasteiger charge is -2.00. The number of hydrogen-bond donors (Lipinski definition) is 1. The van der Waals surface area contributed by atoms with Gasteiger partial charge in [-0.05, 0) is 13.5 Å². The van der Waals surface area contributed by atoms with Gasteiger partial charge in [-0.1, -0.05) is 13.3 Å². The van der Waals surface area contributed by atoms with Crippen molar-refractivity contribution < 1.29 is 0 Å². The summed E-state index contributed by atoms with van der Waals surface area (Å²) >= 11 is 0. The van der Waals surface area contributed by atoms with Crippen molar-refractivity contribution >= 4 is 0 Å². The molecule has 1 aromatic rings. The average Bonchev–Trinajstić information content (AvgIpc) is 2.16. The standard InChI is InChI=1S/C9H16N4/c1-3-4-8-7-11-13-9(12-8)5-6-10-2/h7,10H,3-6H2,1-2H3. The molecule has 0 spiro atoms. The Kier molecular flexibility index (Phi) is 4.32. The van der Waals surface area contributed by atoms with Crippen molar-refractivity contribution in [2.75, 3.05) is 13.6 Å². The van der Waals surface area contributed by atoms with Crippen LogP contribution in [-0.4, -0.2) is 28.8 Å². The maximum absolute atomic E-state index is 4.39. The van der Waals surface area contributed by atoms with E-state index in [-0.39, 0.29) is 0 Å². The van der Waals surface area contributed by atoms with Crippen LogP contribution in [0.3, 0.4) is 0 Å². The summed E-state index contributed by atoms with van der Waals surface area (Å²) in [6.45, 7) is 3.03. The van der Waals surface area contributed by atoms with Gasteiger partial charge in [-0.3, -0.25) is 0 Å². The first-order valence-corrected chi connectivity index (χ1v) is 4.69. The summed E-state index contributed by atoms with van der Waals surface area (Å²) in [5.41, 5.74) is 1.05. The van der Waals surface area contributed by atoms with Crippen molar-refractivity contribution in [3.05, 3.63) is 17.7 Å². The van der Waals surface area contributed by atoms with Gasteiger partial charge < -0.3 is 5.32 Å². The molecular formula is C9H16N4. The van der Waals surface area contributed by atoms with Gasteiger partial charge >= 0.3 is 0 Å². The SMILES string of the molecule is CCCc1cnnc(CCNC)n1. The second-order valence-corrected chi connectivity index (χ2v) is 2.97. The zero-order valence-electron chi connectivity index (χ0n) is 8.25. The summed E-state index contributed by atoms with van der Waals surface area (Å²) in [5, 5.41) is 10.9. The molecule has 0 aromatic carbocycles. The summed E-state index contributed by atoms with van der Waals surface area (Å²) in [4.78, 5) is 4.39. The third-order valence-corrected chi connectivity index (χ3v) is 1.76. The molecule has 4 nitrogen and oxygen atoms in total. The predicted octanol–water partition coefficient (Wildman–Crippen LogP) is 0.586. The number of aromatic nitrogens is 3. The number of aryl methyl sites for hydroxylation is 1. The van der Waals surface area contributed by atoms with E-state index in [1.54, 1.807) is 6.20 Å². The van der Waals surface area contributed by atoms with Gasteiger partial charge in [0.25, 0.3) is 0 Å². The van der Waals surface area contributed by atoms with Crippen LogP contribution in [0.1, 0.15) is 24.9 Å². The van der Waals surface area contributed by atoms with Crippen LogP contribution in [0, 0.1) is 0 Å². The molecule has 0 aliphatic rings. The molecule has 13 heavy (non-hydrogen) atoms. The molecule has 0 bridgehead atoms. The summed E-state index contributed by atoms with van der Waals surface area (Å²) in [6, 6.07) is 0. The van der Waals surface area contributed by atoms with Crippen LogP contribution in [0.2, 0.25) is 0 Å². The Labute approximate surface area is 78.8 Å². The lowest BCUT2D eigenvalue weighted by atomic mass is 10.2. The minimum Gasteiger partial charge on any atom is -0.319 e. The molecule has 0 fully saturated rings. The zero-order valence-corrected chi connectivity index (χ0v) is 8.25. The van der Waals surface area contributed by atoms with Gasteiger partial charge in [0.15, 0.2) is 5.82 Å². The van der Waals surface area contributed by atoms with E-state index in [2.05, 4.69) is 27.4 Å². The summed E-state index contributed by atoms with van der Waals surface area (Å²) in [6.07, 6.45) is 4.68. The molecule has 0 saturated heterocycles. The molecule has 0 amide bonds. The van der Waals surface area contributed by atoms with E-state index < -0.39 is 0 Å². The molecule has 0 radical (unpaired) electrons. The summed E-state index contributed by atoms with van der Waals surface area (Å²) < 4.78 is 0. The van der Waals surface area contributed by atoms with Gasteiger partial charge in [-0.2, -0.15) is 5.10 Å². The minimum atomic E-state index is 0.834. The van der Waals surface area contributed by atoms with Crippen molar-refractivity contribution in [1.82, 2.24) is 20.5 Å². The Morgan fingerprint density at radius 3 is 2.92 bits per heavy atom. The van der Waals surface area contributed by atoms with Crippen molar-refractivity contribution in [2.24, 2.45) is 0 Å². The van der Waals surface area contributed by atoms with E-state index in [0.29, 0.717) is 0 Å². The van der Waals surface area contributed by atoms with Crippen LogP contribution in [0.15, 0.2) is 6.20 Å². The van der Waals surface area contributed by atoms with Crippen LogP contribution < -0.4 is 5.32 Å². The topological polar surface area (TPSA) is 50.7 Å². The largest absolute Gasteiger partial charge is 0.319 e. The molecule has 0 unspecified atom stereocenters. The molecule has 72 valence electrons. The molecule has 1 aromatic heterocycles. The van der Waals surface area contributed by atoms with E-state index in [0.717, 1.165) is 37.3 Å². The summed E-state index contributed by atoms with van der Waals surface area (Å²) in [7, 11) is 1.92. The van der Waals surface area contributed by atoms with E-state index in [9.17, 15) is 0 Å². The zero-order chi connectivity index (χ0) is 9.52. The molecule has 0 aliphatic heterocycles. The maximum Gasteiger partial charge on any atom is 0.152 e. The summed E-state index contributed by atoms with van der Waals surface area (Å²) in [5.74, 6) is 0.834. The van der Waals surface area contributed by atoms with Crippen LogP contribution in [0.4, 0.5) is 0 Å². The quantitative estimate of drug-likeness (QED) is 0.720. The highest BCUT2D eigenvalue weighted by Crippen LogP contribution is 1.97. The van der Waals surface area contributed by atoms with Crippen LogP contribution in [0.5, 0.6) is 0 Å². The van der Waals surface area contributed by atoms with Crippen LogP contribution in [-0.2, 0) is 12.8 Å². The molecule has 4 heteroatoms. The molecule has 0 atom stereocenters. The van der Waals surface area contributed by atoms with Crippen molar-refractivity contribution in [3.8, 4) is 0 Å². The second kappa shape index (κ2) is 5.59. The predicted molar refractivity (Wildman–Crippen MR) is 51.5 cm³/mol. The van der Waals surface area contributed by atoms with Crippen molar-refractivity contribution in [1.29, 1.82) is 0 Å². The Bertz CT molecular complexity index is 249. The molecule has 1 N–H and O–H groups in total.